The van der Waals surface area contributed by atoms with Crippen LogP contribution >= 0.6 is 0 Å². The molecule has 1 unspecified atom stereocenters. The zero-order valence-electron chi connectivity index (χ0n) is 12.3. The van der Waals surface area contributed by atoms with Crippen molar-refractivity contribution in [1.82, 2.24) is 5.32 Å². The van der Waals surface area contributed by atoms with E-state index in [1.165, 1.54) is 0 Å². The van der Waals surface area contributed by atoms with E-state index in [0.717, 1.165) is 6.42 Å². The molecule has 0 heterocycles. The first kappa shape index (κ1) is 17.4. The van der Waals surface area contributed by atoms with Crippen LogP contribution in [0.25, 0.3) is 0 Å². The third-order valence-corrected chi connectivity index (χ3v) is 2.82. The molecule has 0 aromatic carbocycles. The number of nitrogens with two attached hydrogens (primary N) is 1. The van der Waals surface area contributed by atoms with Gasteiger partial charge in [0, 0.05) is 6.61 Å². The second-order valence-corrected chi connectivity index (χ2v) is 5.62. The Morgan fingerprint density at radius 1 is 1.17 bits per heavy atom. The Labute approximate surface area is 110 Å². The molecule has 18 heavy (non-hydrogen) atoms. The SMILES string of the molecule is CNC(C)(CCCOCCOC(C)(C)C)C(N)=O. The van der Waals surface area contributed by atoms with Crippen molar-refractivity contribution in [2.75, 3.05) is 26.9 Å². The average molecular weight is 260 g/mol. The summed E-state index contributed by atoms with van der Waals surface area (Å²) >= 11 is 0. The quantitative estimate of drug-likeness (QED) is 0.608. The van der Waals surface area contributed by atoms with Gasteiger partial charge in [-0.05, 0) is 47.6 Å². The Balaban J connectivity index is 3.60. The zero-order chi connectivity index (χ0) is 14.2. The molecule has 0 saturated heterocycles. The van der Waals surface area contributed by atoms with Crippen molar-refractivity contribution in [2.24, 2.45) is 5.73 Å². The molecule has 108 valence electrons. The van der Waals surface area contributed by atoms with Crippen molar-refractivity contribution in [3.05, 3.63) is 0 Å². The van der Waals surface area contributed by atoms with Crippen LogP contribution in [0, 0.1) is 0 Å². The fourth-order valence-electron chi connectivity index (χ4n) is 1.41. The minimum Gasteiger partial charge on any atom is -0.379 e. The maximum atomic E-state index is 11.2. The summed E-state index contributed by atoms with van der Waals surface area (Å²) in [6.45, 7) is 9.61. The summed E-state index contributed by atoms with van der Waals surface area (Å²) in [7, 11) is 1.74. The molecule has 5 nitrogen and oxygen atoms in total. The minimum atomic E-state index is -0.648. The topological polar surface area (TPSA) is 73.6 Å². The molecule has 3 N–H and O–H groups in total. The van der Waals surface area contributed by atoms with Crippen LogP contribution in [0.4, 0.5) is 0 Å². The van der Waals surface area contributed by atoms with E-state index >= 15 is 0 Å². The highest BCUT2D eigenvalue weighted by Gasteiger charge is 2.27. The third-order valence-electron chi connectivity index (χ3n) is 2.82. The lowest BCUT2D eigenvalue weighted by Crippen LogP contribution is -2.51. The van der Waals surface area contributed by atoms with Crippen LogP contribution in [-0.4, -0.2) is 43.9 Å². The second kappa shape index (κ2) is 7.71. The van der Waals surface area contributed by atoms with Gasteiger partial charge < -0.3 is 20.5 Å². The van der Waals surface area contributed by atoms with Crippen molar-refractivity contribution in [3.8, 4) is 0 Å². The van der Waals surface area contributed by atoms with Gasteiger partial charge in [0.1, 0.15) is 0 Å². The molecule has 0 aliphatic heterocycles. The zero-order valence-corrected chi connectivity index (χ0v) is 12.3. The maximum absolute atomic E-state index is 11.2. The Morgan fingerprint density at radius 2 is 1.78 bits per heavy atom. The van der Waals surface area contributed by atoms with Crippen molar-refractivity contribution < 1.29 is 14.3 Å². The fourth-order valence-corrected chi connectivity index (χ4v) is 1.41. The van der Waals surface area contributed by atoms with Gasteiger partial charge in [0.2, 0.25) is 5.91 Å². The van der Waals surface area contributed by atoms with Crippen molar-refractivity contribution in [3.63, 3.8) is 0 Å². The Hall–Kier alpha value is -0.650. The van der Waals surface area contributed by atoms with Gasteiger partial charge in [-0.15, -0.1) is 0 Å². The van der Waals surface area contributed by atoms with E-state index in [1.54, 1.807) is 14.0 Å². The summed E-state index contributed by atoms with van der Waals surface area (Å²) in [5.74, 6) is -0.332. The molecule has 0 aromatic heterocycles. The summed E-state index contributed by atoms with van der Waals surface area (Å²) in [5, 5.41) is 2.95. The van der Waals surface area contributed by atoms with Gasteiger partial charge >= 0.3 is 0 Å². The molecule has 0 aromatic rings. The molecule has 0 fully saturated rings. The van der Waals surface area contributed by atoms with Crippen LogP contribution in [0.3, 0.4) is 0 Å². The molecule has 0 aliphatic carbocycles. The first-order valence-corrected chi connectivity index (χ1v) is 6.42. The van der Waals surface area contributed by atoms with Gasteiger partial charge in [-0.2, -0.15) is 0 Å². The number of rotatable bonds is 9. The van der Waals surface area contributed by atoms with Gasteiger partial charge in [0.25, 0.3) is 0 Å². The number of ether oxygens (including phenoxy) is 2. The molecular formula is C13H28N2O3. The number of carbonyl (C=O) groups excluding carboxylic acids is 1. The van der Waals surface area contributed by atoms with Crippen LogP contribution in [-0.2, 0) is 14.3 Å². The molecule has 0 aliphatic rings. The summed E-state index contributed by atoms with van der Waals surface area (Å²) in [5.41, 5.74) is 4.56. The van der Waals surface area contributed by atoms with Crippen molar-refractivity contribution in [1.29, 1.82) is 0 Å². The Kier molecular flexibility index (Phi) is 7.43. The number of hydrogen-bond donors (Lipinski definition) is 2. The van der Waals surface area contributed by atoms with Crippen molar-refractivity contribution >= 4 is 5.91 Å². The predicted octanol–water partition coefficient (Wildman–Crippen LogP) is 1.06. The van der Waals surface area contributed by atoms with E-state index in [9.17, 15) is 4.79 Å². The predicted molar refractivity (Wildman–Crippen MR) is 72.4 cm³/mol. The summed E-state index contributed by atoms with van der Waals surface area (Å²) in [4.78, 5) is 11.2. The highest BCUT2D eigenvalue weighted by Crippen LogP contribution is 2.11. The lowest BCUT2D eigenvalue weighted by Gasteiger charge is -2.25. The maximum Gasteiger partial charge on any atom is 0.237 e. The minimum absolute atomic E-state index is 0.125. The first-order chi connectivity index (χ1) is 8.21. The number of amides is 1. The lowest BCUT2D eigenvalue weighted by molar-refractivity contribution is -0.124. The monoisotopic (exact) mass is 260 g/mol. The molecule has 0 bridgehead atoms. The van der Waals surface area contributed by atoms with Crippen LogP contribution in [0.15, 0.2) is 0 Å². The number of nitrogens with one attached hydrogen (secondary N) is 1. The highest BCUT2D eigenvalue weighted by molar-refractivity contribution is 5.84. The lowest BCUT2D eigenvalue weighted by atomic mass is 9.95. The van der Waals surface area contributed by atoms with Crippen LogP contribution < -0.4 is 11.1 Å². The number of primary amides is 1. The third kappa shape index (κ3) is 7.63. The molecule has 5 heteroatoms. The van der Waals surface area contributed by atoms with Gasteiger partial charge in [0.15, 0.2) is 0 Å². The smallest absolute Gasteiger partial charge is 0.237 e. The van der Waals surface area contributed by atoms with Gasteiger partial charge in [-0.25, -0.2) is 0 Å². The standard InChI is InChI=1S/C13H28N2O3/c1-12(2,3)18-10-9-17-8-6-7-13(4,15-5)11(14)16/h15H,6-10H2,1-5H3,(H2,14,16). The number of likely N-dealkylation sites (N-methyl/N-ethyl adjacent to an activating group) is 1. The average Bonchev–Trinajstić information content (AvgIpc) is 2.25. The van der Waals surface area contributed by atoms with Crippen LogP contribution in [0.1, 0.15) is 40.5 Å². The number of hydrogen-bond acceptors (Lipinski definition) is 4. The van der Waals surface area contributed by atoms with E-state index in [4.69, 9.17) is 15.2 Å². The molecule has 0 spiro atoms. The molecule has 1 amide bonds. The fraction of sp³-hybridized carbons (Fsp3) is 0.923. The Morgan fingerprint density at radius 3 is 2.22 bits per heavy atom. The van der Waals surface area contributed by atoms with Crippen molar-refractivity contribution in [2.45, 2.75) is 51.7 Å². The summed E-state index contributed by atoms with van der Waals surface area (Å²) in [6.07, 6.45) is 1.45. The summed E-state index contributed by atoms with van der Waals surface area (Å²) < 4.78 is 11.0. The van der Waals surface area contributed by atoms with Gasteiger partial charge in [-0.1, -0.05) is 0 Å². The van der Waals surface area contributed by atoms with E-state index in [0.29, 0.717) is 26.2 Å². The molecule has 1 atom stereocenters. The van der Waals surface area contributed by atoms with Crippen LogP contribution in [0.2, 0.25) is 0 Å². The second-order valence-electron chi connectivity index (χ2n) is 5.62. The molecule has 0 rings (SSSR count). The van der Waals surface area contributed by atoms with Gasteiger partial charge in [0.05, 0.1) is 24.4 Å². The normalized spacial score (nSPS) is 15.4. The number of carbonyl (C=O) groups is 1. The van der Waals surface area contributed by atoms with E-state index in [-0.39, 0.29) is 11.5 Å². The Bertz CT molecular complexity index is 251. The summed E-state index contributed by atoms with van der Waals surface area (Å²) in [6, 6.07) is 0. The largest absolute Gasteiger partial charge is 0.379 e. The van der Waals surface area contributed by atoms with E-state index in [2.05, 4.69) is 5.32 Å². The van der Waals surface area contributed by atoms with Crippen LogP contribution in [0.5, 0.6) is 0 Å². The molecular weight excluding hydrogens is 232 g/mol. The van der Waals surface area contributed by atoms with E-state index in [1.807, 2.05) is 20.8 Å². The highest BCUT2D eigenvalue weighted by atomic mass is 16.5. The molecule has 0 radical (unpaired) electrons. The van der Waals surface area contributed by atoms with E-state index < -0.39 is 5.54 Å². The first-order valence-electron chi connectivity index (χ1n) is 6.42. The molecule has 0 saturated carbocycles. The van der Waals surface area contributed by atoms with Gasteiger partial charge in [-0.3, -0.25) is 4.79 Å².